The van der Waals surface area contributed by atoms with E-state index in [-0.39, 0.29) is 0 Å². The predicted octanol–water partition coefficient (Wildman–Crippen LogP) is 3.71. The van der Waals surface area contributed by atoms with E-state index in [1.165, 1.54) is 22.4 Å². The molecule has 0 spiro atoms. The van der Waals surface area contributed by atoms with Gasteiger partial charge in [-0.05, 0) is 54.4 Å². The molecule has 2 nitrogen and oxygen atoms in total. The lowest BCUT2D eigenvalue weighted by atomic mass is 9.86. The summed E-state index contributed by atoms with van der Waals surface area (Å²) >= 11 is 1.86. The molecule has 0 amide bonds. The largest absolute Gasteiger partial charge is 0.398 e. The molecule has 1 aliphatic rings. The molecule has 0 radical (unpaired) electrons. The Hall–Kier alpha value is -1.32. The molecular formula is C17H22N2S. The van der Waals surface area contributed by atoms with Gasteiger partial charge in [0.25, 0.3) is 0 Å². The number of hydrogen-bond acceptors (Lipinski definition) is 3. The predicted molar refractivity (Wildman–Crippen MR) is 87.1 cm³/mol. The molecule has 106 valence electrons. The molecule has 1 aliphatic carbocycles. The van der Waals surface area contributed by atoms with Crippen molar-refractivity contribution >= 4 is 17.0 Å². The van der Waals surface area contributed by atoms with Crippen LogP contribution in [-0.2, 0) is 19.4 Å². The number of hydrogen-bond donors (Lipinski definition) is 1. The summed E-state index contributed by atoms with van der Waals surface area (Å²) in [5.74, 6) is 0. The Kier molecular flexibility index (Phi) is 4.08. The zero-order valence-electron chi connectivity index (χ0n) is 12.0. The van der Waals surface area contributed by atoms with Gasteiger partial charge in [-0.15, -0.1) is 11.3 Å². The summed E-state index contributed by atoms with van der Waals surface area (Å²) in [6, 6.07) is 11.4. The molecule has 2 N–H and O–H groups in total. The third-order valence-electron chi connectivity index (χ3n) is 4.35. The Morgan fingerprint density at radius 2 is 2.20 bits per heavy atom. The maximum Gasteiger partial charge on any atom is 0.0349 e. The van der Waals surface area contributed by atoms with Crippen LogP contribution in [0.2, 0.25) is 0 Å². The van der Waals surface area contributed by atoms with Crippen molar-refractivity contribution in [1.29, 1.82) is 0 Å². The van der Waals surface area contributed by atoms with Crippen LogP contribution in [0.1, 0.15) is 29.3 Å². The highest BCUT2D eigenvalue weighted by atomic mass is 32.1. The Bertz CT molecular complexity index is 562. The minimum absolute atomic E-state index is 0.649. The molecule has 0 fully saturated rings. The van der Waals surface area contributed by atoms with Gasteiger partial charge in [0, 0.05) is 23.2 Å². The van der Waals surface area contributed by atoms with E-state index in [4.69, 9.17) is 5.73 Å². The molecule has 0 saturated carbocycles. The van der Waals surface area contributed by atoms with Crippen LogP contribution in [-0.4, -0.2) is 17.5 Å². The highest BCUT2D eigenvalue weighted by Gasteiger charge is 2.24. The lowest BCUT2D eigenvalue weighted by Gasteiger charge is -2.34. The van der Waals surface area contributed by atoms with Gasteiger partial charge in [-0.25, -0.2) is 0 Å². The summed E-state index contributed by atoms with van der Waals surface area (Å²) in [4.78, 5) is 4.07. The molecule has 1 aromatic carbocycles. The summed E-state index contributed by atoms with van der Waals surface area (Å²) in [6.07, 6.45) is 3.48. The van der Waals surface area contributed by atoms with Crippen molar-refractivity contribution in [2.45, 2.75) is 38.8 Å². The van der Waals surface area contributed by atoms with E-state index in [2.05, 4.69) is 41.5 Å². The van der Waals surface area contributed by atoms with Gasteiger partial charge in [0.15, 0.2) is 0 Å². The van der Waals surface area contributed by atoms with E-state index < -0.39 is 0 Å². The van der Waals surface area contributed by atoms with E-state index in [0.717, 1.165) is 31.6 Å². The van der Waals surface area contributed by atoms with Crippen LogP contribution < -0.4 is 5.73 Å². The molecule has 1 aromatic heterocycles. The normalized spacial score (nSPS) is 18.2. The molecule has 20 heavy (non-hydrogen) atoms. The quantitative estimate of drug-likeness (QED) is 0.868. The van der Waals surface area contributed by atoms with Gasteiger partial charge in [-0.2, -0.15) is 0 Å². The summed E-state index contributed by atoms with van der Waals surface area (Å²) in [7, 11) is 0. The van der Waals surface area contributed by atoms with Crippen molar-refractivity contribution < 1.29 is 0 Å². The first kappa shape index (κ1) is 13.7. The minimum Gasteiger partial charge on any atom is -0.398 e. The number of nitrogen functional groups attached to an aromatic ring is 1. The maximum atomic E-state index is 6.09. The van der Waals surface area contributed by atoms with E-state index in [1.807, 2.05) is 17.4 Å². The van der Waals surface area contributed by atoms with E-state index in [0.29, 0.717) is 6.04 Å². The number of fused-ring (bicyclic) bond motifs is 1. The van der Waals surface area contributed by atoms with Gasteiger partial charge in [-0.3, -0.25) is 4.90 Å². The van der Waals surface area contributed by atoms with Crippen LogP contribution in [0.25, 0.3) is 0 Å². The molecule has 1 atom stereocenters. The zero-order chi connectivity index (χ0) is 13.9. The average Bonchev–Trinajstić information content (AvgIpc) is 2.97. The van der Waals surface area contributed by atoms with Gasteiger partial charge in [0.2, 0.25) is 0 Å². The molecule has 0 aliphatic heterocycles. The Balaban J connectivity index is 1.74. The number of nitrogens with two attached hydrogens (primary N) is 1. The summed E-state index contributed by atoms with van der Waals surface area (Å²) in [5, 5.41) is 2.17. The highest BCUT2D eigenvalue weighted by Crippen LogP contribution is 2.29. The first-order valence-corrected chi connectivity index (χ1v) is 8.28. The Labute approximate surface area is 125 Å². The van der Waals surface area contributed by atoms with Crippen LogP contribution in [0, 0.1) is 0 Å². The SMILES string of the molecule is CCN(Cc1cccs1)C1CCc2c(N)cccc2C1. The summed E-state index contributed by atoms with van der Waals surface area (Å²) in [6.45, 7) is 4.46. The first-order chi connectivity index (χ1) is 9.78. The van der Waals surface area contributed by atoms with Crippen molar-refractivity contribution in [1.82, 2.24) is 4.90 Å². The number of anilines is 1. The second-order valence-corrected chi connectivity index (χ2v) is 6.56. The van der Waals surface area contributed by atoms with Crippen molar-refractivity contribution in [3.63, 3.8) is 0 Å². The fraction of sp³-hybridized carbons (Fsp3) is 0.412. The molecule has 1 unspecified atom stereocenters. The lowest BCUT2D eigenvalue weighted by Crippen LogP contribution is -2.38. The zero-order valence-corrected chi connectivity index (χ0v) is 12.8. The third-order valence-corrected chi connectivity index (χ3v) is 5.22. The summed E-state index contributed by atoms with van der Waals surface area (Å²) < 4.78 is 0. The average molecular weight is 286 g/mol. The lowest BCUT2D eigenvalue weighted by molar-refractivity contribution is 0.182. The van der Waals surface area contributed by atoms with Crippen molar-refractivity contribution in [3.8, 4) is 0 Å². The molecule has 3 rings (SSSR count). The molecular weight excluding hydrogens is 264 g/mol. The fourth-order valence-electron chi connectivity index (χ4n) is 3.23. The van der Waals surface area contributed by atoms with Crippen LogP contribution in [0.4, 0.5) is 5.69 Å². The van der Waals surface area contributed by atoms with E-state index in [9.17, 15) is 0 Å². The van der Waals surface area contributed by atoms with Crippen molar-refractivity contribution in [2.24, 2.45) is 0 Å². The number of thiophene rings is 1. The topological polar surface area (TPSA) is 29.3 Å². The molecule has 2 aromatic rings. The van der Waals surface area contributed by atoms with Crippen molar-refractivity contribution in [3.05, 3.63) is 51.7 Å². The Morgan fingerprint density at radius 1 is 1.30 bits per heavy atom. The second kappa shape index (κ2) is 5.98. The number of rotatable bonds is 4. The number of likely N-dealkylation sites (N-methyl/N-ethyl adjacent to an activating group) is 1. The second-order valence-electron chi connectivity index (χ2n) is 5.52. The monoisotopic (exact) mass is 286 g/mol. The molecule has 0 bridgehead atoms. The van der Waals surface area contributed by atoms with Gasteiger partial charge in [0.05, 0.1) is 0 Å². The third kappa shape index (κ3) is 2.74. The highest BCUT2D eigenvalue weighted by molar-refractivity contribution is 7.09. The smallest absolute Gasteiger partial charge is 0.0349 e. The van der Waals surface area contributed by atoms with Crippen LogP contribution in [0.3, 0.4) is 0 Å². The number of nitrogens with zero attached hydrogens (tertiary/aromatic N) is 1. The molecule has 3 heteroatoms. The van der Waals surface area contributed by atoms with Gasteiger partial charge < -0.3 is 5.73 Å². The maximum absolute atomic E-state index is 6.09. The molecule has 1 heterocycles. The standard InChI is InChI=1S/C17H22N2S/c1-2-19(12-15-6-4-10-20-15)14-8-9-16-13(11-14)5-3-7-17(16)18/h3-7,10,14H,2,8-9,11-12,18H2,1H3. The van der Waals surface area contributed by atoms with Crippen molar-refractivity contribution in [2.75, 3.05) is 12.3 Å². The van der Waals surface area contributed by atoms with Crippen LogP contribution in [0.15, 0.2) is 35.7 Å². The van der Waals surface area contributed by atoms with Gasteiger partial charge in [-0.1, -0.05) is 25.1 Å². The van der Waals surface area contributed by atoms with E-state index >= 15 is 0 Å². The summed E-state index contributed by atoms with van der Waals surface area (Å²) in [5.41, 5.74) is 9.90. The molecule has 0 saturated heterocycles. The fourth-order valence-corrected chi connectivity index (χ4v) is 3.96. The van der Waals surface area contributed by atoms with Crippen LogP contribution >= 0.6 is 11.3 Å². The van der Waals surface area contributed by atoms with Gasteiger partial charge >= 0.3 is 0 Å². The van der Waals surface area contributed by atoms with Gasteiger partial charge in [0.1, 0.15) is 0 Å². The first-order valence-electron chi connectivity index (χ1n) is 7.40. The minimum atomic E-state index is 0.649. The number of benzene rings is 1. The van der Waals surface area contributed by atoms with E-state index in [1.54, 1.807) is 0 Å². The van der Waals surface area contributed by atoms with Crippen LogP contribution in [0.5, 0.6) is 0 Å². The Morgan fingerprint density at radius 3 is 2.95 bits per heavy atom.